The van der Waals surface area contributed by atoms with E-state index in [9.17, 15) is 0 Å². The van der Waals surface area contributed by atoms with Crippen LogP contribution < -0.4 is 0 Å². The largest absolute Gasteiger partial charge is 0.257 e. The molecule has 1 heterocycles. The maximum Gasteiger partial charge on any atom is 0.111 e. The van der Waals surface area contributed by atoms with Gasteiger partial charge in [-0.05, 0) is 19.1 Å². The molecule has 0 amide bonds. The normalized spacial score (nSPS) is 9.36. The van der Waals surface area contributed by atoms with Crippen molar-refractivity contribution in [2.45, 2.75) is 6.92 Å². The molecule has 0 N–H and O–H groups in total. The summed E-state index contributed by atoms with van der Waals surface area (Å²) in [6.07, 6.45) is 1.70. The fourth-order valence-corrected chi connectivity index (χ4v) is 0.875. The third kappa shape index (κ3) is 2.21. The van der Waals surface area contributed by atoms with Crippen LogP contribution in [0.15, 0.2) is 28.9 Å². The van der Waals surface area contributed by atoms with Gasteiger partial charge in [0.2, 0.25) is 0 Å². The quantitative estimate of drug-likeness (QED) is 0.659. The van der Waals surface area contributed by atoms with Crippen LogP contribution >= 0.6 is 23.2 Å². The summed E-state index contributed by atoms with van der Waals surface area (Å²) in [7, 11) is 0. The van der Waals surface area contributed by atoms with Crippen molar-refractivity contribution in [1.82, 2.24) is 4.98 Å². The molecule has 0 spiro atoms. The Morgan fingerprint density at radius 1 is 1.36 bits per heavy atom. The van der Waals surface area contributed by atoms with Gasteiger partial charge in [0.15, 0.2) is 0 Å². The number of halogens is 2. The Bertz CT molecular complexity index is 263. The number of rotatable bonds is 1. The molecule has 0 aromatic carbocycles. The molecule has 0 saturated carbocycles. The lowest BCUT2D eigenvalue weighted by molar-refractivity contribution is 1.27. The third-order valence-corrected chi connectivity index (χ3v) is 1.90. The number of aromatic nitrogens is 1. The van der Waals surface area contributed by atoms with Gasteiger partial charge in [-0.25, -0.2) is 0 Å². The predicted molar refractivity (Wildman–Crippen MR) is 48.5 cm³/mol. The Labute approximate surface area is 75.7 Å². The van der Waals surface area contributed by atoms with Crippen molar-refractivity contribution < 1.29 is 0 Å². The first-order valence-corrected chi connectivity index (χ1v) is 3.90. The summed E-state index contributed by atoms with van der Waals surface area (Å²) in [6.45, 7) is 1.83. The highest BCUT2D eigenvalue weighted by Crippen LogP contribution is 2.21. The molecule has 0 fully saturated rings. The van der Waals surface area contributed by atoms with Crippen molar-refractivity contribution >= 4 is 28.8 Å². The van der Waals surface area contributed by atoms with E-state index in [0.717, 1.165) is 11.3 Å². The van der Waals surface area contributed by atoms with Crippen LogP contribution in [-0.2, 0) is 0 Å². The molecule has 1 aromatic rings. The molecule has 11 heavy (non-hydrogen) atoms. The summed E-state index contributed by atoms with van der Waals surface area (Å²) in [4.78, 5) is 4.07. The highest BCUT2D eigenvalue weighted by atomic mass is 35.5. The number of hydrogen-bond acceptors (Lipinski definition) is 1. The van der Waals surface area contributed by atoms with Gasteiger partial charge in [0.1, 0.15) is 4.49 Å². The maximum atomic E-state index is 5.57. The first-order valence-electron chi connectivity index (χ1n) is 3.15. The van der Waals surface area contributed by atoms with E-state index in [4.69, 9.17) is 23.2 Å². The van der Waals surface area contributed by atoms with Crippen molar-refractivity contribution in [2.24, 2.45) is 0 Å². The molecule has 58 valence electrons. The number of pyridine rings is 1. The minimum absolute atomic E-state index is 0.267. The van der Waals surface area contributed by atoms with Gasteiger partial charge < -0.3 is 0 Å². The van der Waals surface area contributed by atoms with Crippen LogP contribution in [0.3, 0.4) is 0 Å². The average molecular weight is 188 g/mol. The number of hydrogen-bond donors (Lipinski definition) is 0. The second kappa shape index (κ2) is 3.74. The van der Waals surface area contributed by atoms with E-state index in [0.29, 0.717) is 0 Å². The number of nitrogens with zero attached hydrogens (tertiary/aromatic N) is 1. The van der Waals surface area contributed by atoms with E-state index in [-0.39, 0.29) is 4.49 Å². The van der Waals surface area contributed by atoms with Crippen LogP contribution in [0.2, 0.25) is 0 Å². The lowest BCUT2D eigenvalue weighted by Gasteiger charge is -1.97. The van der Waals surface area contributed by atoms with Crippen LogP contribution in [0.25, 0.3) is 5.57 Å². The first-order chi connectivity index (χ1) is 5.22. The molecule has 0 aliphatic heterocycles. The summed E-state index contributed by atoms with van der Waals surface area (Å²) in [5, 5.41) is 0. The number of allylic oxidation sites excluding steroid dienone is 1. The molecule has 3 heteroatoms. The third-order valence-electron chi connectivity index (χ3n) is 1.33. The van der Waals surface area contributed by atoms with Gasteiger partial charge in [-0.3, -0.25) is 4.98 Å². The molecule has 0 aliphatic rings. The fraction of sp³-hybridized carbons (Fsp3) is 0.125. The summed E-state index contributed by atoms with van der Waals surface area (Å²) in [5.41, 5.74) is 1.61. The standard InChI is InChI=1S/C8H7Cl2N/c1-6(8(9)10)7-4-2-3-5-11-7/h2-5H,1H3. The second-order valence-corrected chi connectivity index (χ2v) is 3.05. The van der Waals surface area contributed by atoms with Gasteiger partial charge in [-0.1, -0.05) is 29.3 Å². The average Bonchev–Trinajstić information content (AvgIpc) is 2.05. The Hall–Kier alpha value is -0.530. The Balaban J connectivity index is 3.04. The molecule has 1 aromatic heterocycles. The van der Waals surface area contributed by atoms with E-state index in [1.54, 1.807) is 6.20 Å². The predicted octanol–water partition coefficient (Wildman–Crippen LogP) is 3.25. The van der Waals surface area contributed by atoms with Gasteiger partial charge in [-0.15, -0.1) is 0 Å². The molecule has 0 saturated heterocycles. The molecule has 1 nitrogen and oxygen atoms in total. The molecule has 0 unspecified atom stereocenters. The second-order valence-electron chi connectivity index (χ2n) is 2.10. The summed E-state index contributed by atoms with van der Waals surface area (Å²) in [5.74, 6) is 0. The van der Waals surface area contributed by atoms with Gasteiger partial charge >= 0.3 is 0 Å². The Kier molecular flexibility index (Phi) is 2.92. The van der Waals surface area contributed by atoms with Gasteiger partial charge in [0.05, 0.1) is 5.69 Å². The highest BCUT2D eigenvalue weighted by Gasteiger charge is 1.99. The molecule has 0 radical (unpaired) electrons. The zero-order valence-corrected chi connectivity index (χ0v) is 7.52. The molecular weight excluding hydrogens is 181 g/mol. The van der Waals surface area contributed by atoms with Crippen LogP contribution in [0.1, 0.15) is 12.6 Å². The zero-order valence-electron chi connectivity index (χ0n) is 6.01. The van der Waals surface area contributed by atoms with E-state index >= 15 is 0 Å². The lowest BCUT2D eigenvalue weighted by atomic mass is 10.2. The zero-order chi connectivity index (χ0) is 8.27. The van der Waals surface area contributed by atoms with E-state index in [1.165, 1.54) is 0 Å². The summed E-state index contributed by atoms with van der Waals surface area (Å²) >= 11 is 11.1. The summed E-state index contributed by atoms with van der Waals surface area (Å²) in [6, 6.07) is 5.60. The molecule has 0 atom stereocenters. The minimum atomic E-state index is 0.267. The topological polar surface area (TPSA) is 12.9 Å². The highest BCUT2D eigenvalue weighted by molar-refractivity contribution is 6.58. The molecular formula is C8H7Cl2N. The molecule has 0 aliphatic carbocycles. The van der Waals surface area contributed by atoms with Gasteiger partial charge in [0.25, 0.3) is 0 Å². The Morgan fingerprint density at radius 2 is 2.09 bits per heavy atom. The van der Waals surface area contributed by atoms with Gasteiger partial charge in [0, 0.05) is 11.8 Å². The summed E-state index contributed by atoms with van der Waals surface area (Å²) < 4.78 is 0.267. The Morgan fingerprint density at radius 3 is 2.55 bits per heavy atom. The van der Waals surface area contributed by atoms with Gasteiger partial charge in [-0.2, -0.15) is 0 Å². The van der Waals surface area contributed by atoms with Crippen LogP contribution in [0.5, 0.6) is 0 Å². The maximum absolute atomic E-state index is 5.57. The molecule has 0 bridgehead atoms. The van der Waals surface area contributed by atoms with Crippen molar-refractivity contribution in [3.63, 3.8) is 0 Å². The van der Waals surface area contributed by atoms with E-state index < -0.39 is 0 Å². The lowest BCUT2D eigenvalue weighted by Crippen LogP contribution is -1.83. The monoisotopic (exact) mass is 187 g/mol. The molecule has 1 rings (SSSR count). The van der Waals surface area contributed by atoms with Crippen molar-refractivity contribution in [2.75, 3.05) is 0 Å². The fourth-order valence-electron chi connectivity index (χ4n) is 0.681. The van der Waals surface area contributed by atoms with Crippen molar-refractivity contribution in [3.05, 3.63) is 34.6 Å². The minimum Gasteiger partial charge on any atom is -0.257 e. The smallest absolute Gasteiger partial charge is 0.111 e. The van der Waals surface area contributed by atoms with E-state index in [1.807, 2.05) is 25.1 Å². The van der Waals surface area contributed by atoms with Crippen molar-refractivity contribution in [3.8, 4) is 0 Å². The first kappa shape index (κ1) is 8.57. The van der Waals surface area contributed by atoms with E-state index in [2.05, 4.69) is 4.98 Å². The van der Waals surface area contributed by atoms with Crippen LogP contribution in [0.4, 0.5) is 0 Å². The van der Waals surface area contributed by atoms with Crippen LogP contribution in [-0.4, -0.2) is 4.98 Å². The van der Waals surface area contributed by atoms with Crippen molar-refractivity contribution in [1.29, 1.82) is 0 Å². The SMILES string of the molecule is CC(=C(Cl)Cl)c1ccccn1. The van der Waals surface area contributed by atoms with Crippen LogP contribution in [0, 0.1) is 0 Å².